The van der Waals surface area contributed by atoms with Crippen molar-refractivity contribution < 1.29 is 19.0 Å². The van der Waals surface area contributed by atoms with E-state index in [1.807, 2.05) is 18.2 Å². The van der Waals surface area contributed by atoms with Gasteiger partial charge in [0.1, 0.15) is 0 Å². The second kappa shape index (κ2) is 8.43. The van der Waals surface area contributed by atoms with Crippen LogP contribution < -0.4 is 14.8 Å². The zero-order valence-electron chi connectivity index (χ0n) is 12.6. The molecular formula is C15H23NO4. The van der Waals surface area contributed by atoms with E-state index in [-0.39, 0.29) is 25.0 Å². The minimum atomic E-state index is -0.290. The zero-order chi connectivity index (χ0) is 15.0. The molecule has 5 heteroatoms. The Labute approximate surface area is 120 Å². The molecule has 0 aromatic heterocycles. The van der Waals surface area contributed by atoms with Gasteiger partial charge in [-0.3, -0.25) is 4.79 Å². The van der Waals surface area contributed by atoms with Crippen LogP contribution in [0.1, 0.15) is 31.9 Å². The van der Waals surface area contributed by atoms with Crippen LogP contribution in [-0.2, 0) is 9.53 Å². The van der Waals surface area contributed by atoms with Crippen LogP contribution in [0.15, 0.2) is 18.2 Å². The molecule has 1 aromatic carbocycles. The van der Waals surface area contributed by atoms with Gasteiger partial charge in [0.05, 0.1) is 27.2 Å². The molecule has 0 aliphatic rings. The highest BCUT2D eigenvalue weighted by atomic mass is 16.5. The van der Waals surface area contributed by atoms with Crippen molar-refractivity contribution in [3.63, 3.8) is 0 Å². The maximum atomic E-state index is 11.0. The number of benzene rings is 1. The first-order valence-corrected chi connectivity index (χ1v) is 6.73. The highest BCUT2D eigenvalue weighted by Crippen LogP contribution is 2.30. The fraction of sp³-hybridized carbons (Fsp3) is 0.533. The second-order valence-electron chi connectivity index (χ2n) is 4.36. The lowest BCUT2D eigenvalue weighted by Gasteiger charge is -2.16. The molecule has 1 rings (SSSR count). The Kier molecular flexibility index (Phi) is 6.87. The van der Waals surface area contributed by atoms with Gasteiger partial charge in [0.15, 0.2) is 11.5 Å². The molecule has 0 bridgehead atoms. The third-order valence-electron chi connectivity index (χ3n) is 2.99. The standard InChI is InChI=1S/C15H23NO4/c1-5-16-11(2)12-6-7-13(14(10-12)18-3)20-9-8-15(17)19-4/h6-7,10-11,16H,5,8-9H2,1-4H3. The van der Waals surface area contributed by atoms with Crippen LogP contribution in [0.3, 0.4) is 0 Å². The van der Waals surface area contributed by atoms with Gasteiger partial charge in [0.2, 0.25) is 0 Å². The summed E-state index contributed by atoms with van der Waals surface area (Å²) in [5, 5.41) is 3.34. The third kappa shape index (κ3) is 4.74. The number of hydrogen-bond donors (Lipinski definition) is 1. The van der Waals surface area contributed by atoms with Crippen molar-refractivity contribution >= 4 is 5.97 Å². The zero-order valence-corrected chi connectivity index (χ0v) is 12.6. The van der Waals surface area contributed by atoms with Gasteiger partial charge in [-0.25, -0.2) is 0 Å². The van der Waals surface area contributed by atoms with E-state index in [0.29, 0.717) is 11.5 Å². The summed E-state index contributed by atoms with van der Waals surface area (Å²) >= 11 is 0. The Morgan fingerprint density at radius 3 is 2.65 bits per heavy atom. The smallest absolute Gasteiger partial charge is 0.308 e. The Hall–Kier alpha value is -1.75. The minimum Gasteiger partial charge on any atom is -0.493 e. The number of methoxy groups -OCH3 is 2. The summed E-state index contributed by atoms with van der Waals surface area (Å²) in [5.41, 5.74) is 1.13. The predicted molar refractivity (Wildman–Crippen MR) is 77.2 cm³/mol. The van der Waals surface area contributed by atoms with Crippen molar-refractivity contribution in [2.24, 2.45) is 0 Å². The average molecular weight is 281 g/mol. The lowest BCUT2D eigenvalue weighted by atomic mass is 10.1. The molecule has 0 aliphatic heterocycles. The Balaban J connectivity index is 2.70. The van der Waals surface area contributed by atoms with Crippen LogP contribution in [0.5, 0.6) is 11.5 Å². The van der Waals surface area contributed by atoms with Crippen LogP contribution >= 0.6 is 0 Å². The summed E-state index contributed by atoms with van der Waals surface area (Å²) in [7, 11) is 2.96. The number of hydrogen-bond acceptors (Lipinski definition) is 5. The maximum Gasteiger partial charge on any atom is 0.308 e. The molecular weight excluding hydrogens is 258 g/mol. The number of rotatable bonds is 8. The number of esters is 1. The molecule has 0 heterocycles. The van der Waals surface area contributed by atoms with Crippen LogP contribution in [0.2, 0.25) is 0 Å². The number of carbonyl (C=O) groups is 1. The van der Waals surface area contributed by atoms with Crippen LogP contribution in [0, 0.1) is 0 Å². The SMILES string of the molecule is CCNC(C)c1ccc(OCCC(=O)OC)c(OC)c1. The van der Waals surface area contributed by atoms with Crippen molar-refractivity contribution in [3.05, 3.63) is 23.8 Å². The van der Waals surface area contributed by atoms with Crippen LogP contribution in [0.4, 0.5) is 0 Å². The van der Waals surface area contributed by atoms with Gasteiger partial charge in [-0.1, -0.05) is 13.0 Å². The lowest BCUT2D eigenvalue weighted by Crippen LogP contribution is -2.17. The lowest BCUT2D eigenvalue weighted by molar-refractivity contribution is -0.141. The molecule has 0 saturated carbocycles. The molecule has 0 amide bonds. The molecule has 0 radical (unpaired) electrons. The Morgan fingerprint density at radius 2 is 2.05 bits per heavy atom. The van der Waals surface area contributed by atoms with Crippen LogP contribution in [-0.4, -0.2) is 33.3 Å². The highest BCUT2D eigenvalue weighted by molar-refractivity contribution is 5.69. The Bertz CT molecular complexity index is 434. The van der Waals surface area contributed by atoms with Gasteiger partial charge >= 0.3 is 5.97 Å². The summed E-state index contributed by atoms with van der Waals surface area (Å²) in [6, 6.07) is 6.04. The van der Waals surface area contributed by atoms with Gasteiger partial charge in [-0.2, -0.15) is 0 Å². The van der Waals surface area contributed by atoms with E-state index >= 15 is 0 Å². The maximum absolute atomic E-state index is 11.0. The van der Waals surface area contributed by atoms with Gasteiger partial charge in [-0.15, -0.1) is 0 Å². The largest absolute Gasteiger partial charge is 0.493 e. The van der Waals surface area contributed by atoms with Gasteiger partial charge in [0.25, 0.3) is 0 Å². The van der Waals surface area contributed by atoms with E-state index < -0.39 is 0 Å². The molecule has 1 aromatic rings. The van der Waals surface area contributed by atoms with Gasteiger partial charge in [-0.05, 0) is 31.2 Å². The van der Waals surface area contributed by atoms with Crippen molar-refractivity contribution in [1.82, 2.24) is 5.32 Å². The topological polar surface area (TPSA) is 56.8 Å². The molecule has 0 aliphatic carbocycles. The molecule has 1 atom stereocenters. The normalized spacial score (nSPS) is 11.8. The molecule has 1 N–H and O–H groups in total. The van der Waals surface area contributed by atoms with E-state index in [4.69, 9.17) is 9.47 Å². The van der Waals surface area contributed by atoms with E-state index in [1.165, 1.54) is 7.11 Å². The summed E-state index contributed by atoms with van der Waals surface area (Å²) in [6.45, 7) is 5.33. The first-order valence-electron chi connectivity index (χ1n) is 6.73. The molecule has 0 saturated heterocycles. The summed E-state index contributed by atoms with van der Waals surface area (Å²) in [4.78, 5) is 11.0. The molecule has 112 valence electrons. The Morgan fingerprint density at radius 1 is 1.30 bits per heavy atom. The summed E-state index contributed by atoms with van der Waals surface area (Å²) < 4.78 is 15.4. The quantitative estimate of drug-likeness (QED) is 0.741. The molecule has 1 unspecified atom stereocenters. The van der Waals surface area contributed by atoms with Gasteiger partial charge in [0, 0.05) is 6.04 Å². The van der Waals surface area contributed by atoms with Crippen molar-refractivity contribution in [2.75, 3.05) is 27.4 Å². The van der Waals surface area contributed by atoms with Crippen molar-refractivity contribution in [3.8, 4) is 11.5 Å². The van der Waals surface area contributed by atoms with E-state index in [0.717, 1.165) is 12.1 Å². The average Bonchev–Trinajstić information content (AvgIpc) is 2.47. The summed E-state index contributed by atoms with van der Waals surface area (Å²) in [5.74, 6) is 1.00. The van der Waals surface area contributed by atoms with E-state index in [1.54, 1.807) is 7.11 Å². The van der Waals surface area contributed by atoms with Crippen molar-refractivity contribution in [2.45, 2.75) is 26.3 Å². The number of nitrogens with one attached hydrogen (secondary N) is 1. The first-order chi connectivity index (χ1) is 9.62. The van der Waals surface area contributed by atoms with Crippen molar-refractivity contribution in [1.29, 1.82) is 0 Å². The van der Waals surface area contributed by atoms with Crippen LogP contribution in [0.25, 0.3) is 0 Å². The minimum absolute atomic E-state index is 0.217. The van der Waals surface area contributed by atoms with E-state index in [2.05, 4.69) is 23.9 Å². The fourth-order valence-corrected chi connectivity index (χ4v) is 1.84. The molecule has 5 nitrogen and oxygen atoms in total. The molecule has 20 heavy (non-hydrogen) atoms. The monoisotopic (exact) mass is 281 g/mol. The third-order valence-corrected chi connectivity index (χ3v) is 2.99. The number of carbonyl (C=O) groups excluding carboxylic acids is 1. The number of ether oxygens (including phenoxy) is 3. The molecule has 0 spiro atoms. The predicted octanol–water partition coefficient (Wildman–Crippen LogP) is 2.31. The second-order valence-corrected chi connectivity index (χ2v) is 4.36. The van der Waals surface area contributed by atoms with E-state index in [9.17, 15) is 4.79 Å². The van der Waals surface area contributed by atoms with Gasteiger partial charge < -0.3 is 19.5 Å². The summed E-state index contributed by atoms with van der Waals surface area (Å²) in [6.07, 6.45) is 0.217. The first kappa shape index (κ1) is 16.3. The molecule has 0 fully saturated rings. The highest BCUT2D eigenvalue weighted by Gasteiger charge is 2.10. The fourth-order valence-electron chi connectivity index (χ4n) is 1.84.